The van der Waals surface area contributed by atoms with E-state index in [9.17, 15) is 38.4 Å². The van der Waals surface area contributed by atoms with Gasteiger partial charge < -0.3 is 47.4 Å². The average molecular weight is 1320 g/mol. The van der Waals surface area contributed by atoms with Gasteiger partial charge in [-0.15, -0.1) is 0 Å². The molecule has 34 nitrogen and oxygen atoms in total. The molecule has 10 atom stereocenters. The lowest BCUT2D eigenvalue weighted by molar-refractivity contribution is -0.316. The molecule has 1 heterocycles. The summed E-state index contributed by atoms with van der Waals surface area (Å²) in [6.45, 7) is 6.77. The number of fused-ring (bicyclic) bond motifs is 6. The van der Waals surface area contributed by atoms with E-state index in [0.29, 0.717) is 12.8 Å². The van der Waals surface area contributed by atoms with Crippen molar-refractivity contribution in [1.29, 1.82) is 0 Å². The lowest BCUT2D eigenvalue weighted by Crippen LogP contribution is -2.71. The molecular formula is C48H78O34P4. The third-order valence-corrected chi connectivity index (χ3v) is 19.4. The van der Waals surface area contributed by atoms with Crippen LogP contribution in [0.5, 0.6) is 0 Å². The third kappa shape index (κ3) is 20.8. The van der Waals surface area contributed by atoms with Crippen LogP contribution in [0, 0.1) is 16.7 Å². The van der Waals surface area contributed by atoms with Crippen molar-refractivity contribution in [1.82, 2.24) is 0 Å². The standard InChI is InChI=1S/C48H78O34P4/c1-12-31(49)61-22-69-83(57,70-23-62-32(50)13-2)79-42-40-41(78-46-39(77-40)30-20-21-48(46,11)47(30,9)10)43(80-84(58,71-24-63-33(51)14-3)72-25-64-34(52)15-4)45(82-86(60,75-28-67-37(55)18-7)76-29-68-38(56)19-8)44(42)81-85(59,73-26-65-35(53)16-5)74-27-66-36(54)17-6/h30,39-46H,12-29H2,1-11H3/t30?,39?,40-,41+,42-,43-,44+,45+,46?,48?/m1/s1. The smallest absolute Gasteiger partial charge is 0.438 e. The van der Waals surface area contributed by atoms with Crippen LogP contribution < -0.4 is 0 Å². The average Bonchev–Trinajstić information content (AvgIpc) is 1.50. The Morgan fingerprint density at radius 3 is 0.802 bits per heavy atom. The number of esters is 8. The number of rotatable bonds is 40. The van der Waals surface area contributed by atoms with Crippen molar-refractivity contribution in [2.24, 2.45) is 16.7 Å². The molecule has 0 amide bonds. The Kier molecular flexibility index (Phi) is 29.8. The lowest BCUT2D eigenvalue weighted by Gasteiger charge is -2.55. The quantitative estimate of drug-likeness (QED) is 0.0250. The largest absolute Gasteiger partial charge is 0.481 e. The number of hydrogen-bond donors (Lipinski definition) is 0. The zero-order valence-electron chi connectivity index (χ0n) is 49.6. The highest BCUT2D eigenvalue weighted by molar-refractivity contribution is 7.49. The van der Waals surface area contributed by atoms with E-state index in [1.54, 1.807) is 0 Å². The van der Waals surface area contributed by atoms with Crippen molar-refractivity contribution in [2.45, 2.75) is 189 Å². The first-order valence-electron chi connectivity index (χ1n) is 27.4. The molecule has 0 aromatic carbocycles. The zero-order chi connectivity index (χ0) is 64.1. The van der Waals surface area contributed by atoms with Crippen LogP contribution in [0.2, 0.25) is 0 Å². The van der Waals surface area contributed by atoms with Crippen LogP contribution in [-0.4, -0.2) is 151 Å². The van der Waals surface area contributed by atoms with Crippen molar-refractivity contribution in [3.63, 3.8) is 0 Å². The van der Waals surface area contributed by atoms with Crippen molar-refractivity contribution in [3.8, 4) is 0 Å². The van der Waals surface area contributed by atoms with Crippen molar-refractivity contribution < 1.29 is 158 Å². The summed E-state index contributed by atoms with van der Waals surface area (Å²) < 4.78 is 184. The fraction of sp³-hybridized carbons (Fsp3) is 0.833. The second-order valence-electron chi connectivity index (χ2n) is 19.4. The van der Waals surface area contributed by atoms with E-state index in [-0.39, 0.29) is 51.4 Å². The number of carbonyl (C=O) groups is 8. The Bertz CT molecular complexity index is 2410. The van der Waals surface area contributed by atoms with E-state index >= 15 is 18.3 Å². The molecule has 4 unspecified atom stereocenters. The van der Waals surface area contributed by atoms with Gasteiger partial charge in [0.2, 0.25) is 54.3 Å². The summed E-state index contributed by atoms with van der Waals surface area (Å²) >= 11 is 0. The fourth-order valence-electron chi connectivity index (χ4n) is 8.93. The molecule has 0 radical (unpaired) electrons. The highest BCUT2D eigenvalue weighted by atomic mass is 31.2. The Hall–Kier alpha value is -3.88. The van der Waals surface area contributed by atoms with Crippen molar-refractivity contribution in [2.75, 3.05) is 54.3 Å². The van der Waals surface area contributed by atoms with Crippen LogP contribution in [0.1, 0.15) is 140 Å². The number of phosphoric acid groups is 4. The minimum absolute atomic E-state index is 0.244. The van der Waals surface area contributed by atoms with Crippen LogP contribution in [0.25, 0.3) is 0 Å². The van der Waals surface area contributed by atoms with Gasteiger partial charge in [0.05, 0.1) is 12.2 Å². The summed E-state index contributed by atoms with van der Waals surface area (Å²) in [6, 6.07) is 0. The van der Waals surface area contributed by atoms with E-state index in [1.165, 1.54) is 55.4 Å². The molecule has 4 fully saturated rings. The number of ether oxygens (including phenoxy) is 10. The SMILES string of the molecule is CCC(=O)OCOP(=O)(OCOC(=O)CC)O[C@@H]1[C@@H](OP(=O)(OCOC(=O)CC)OCOC(=O)CC)[C@H](OP(=O)(OCOC(=O)CC)OCOC(=O)CC)[C@H]2OC3C(O[C@H]2[C@H]1OP(=O)(OCOC(=O)CC)OCOC(=O)CC)C1CCC3(C)C1(C)C. The monoisotopic (exact) mass is 1320 g/mol. The van der Waals surface area contributed by atoms with Gasteiger partial charge in [-0.25, -0.2) is 54.5 Å². The zero-order valence-corrected chi connectivity index (χ0v) is 53.2. The molecule has 2 bridgehead atoms. The normalized spacial score (nSPS) is 25.0. The fourth-order valence-corrected chi connectivity index (χ4v) is 13.3. The van der Waals surface area contributed by atoms with Crippen LogP contribution in [0.4, 0.5) is 0 Å². The molecule has 4 aliphatic rings. The minimum Gasteiger partial charge on any atom is -0.438 e. The van der Waals surface area contributed by atoms with Crippen LogP contribution in [-0.2, 0) is 158 Å². The topological polar surface area (TPSA) is 408 Å². The minimum atomic E-state index is -5.77. The molecule has 38 heteroatoms. The van der Waals surface area contributed by atoms with Gasteiger partial charge in [0.25, 0.3) is 0 Å². The van der Waals surface area contributed by atoms with Crippen molar-refractivity contribution >= 4 is 79.0 Å². The van der Waals surface area contributed by atoms with Gasteiger partial charge in [-0.1, -0.05) is 76.2 Å². The highest BCUT2D eigenvalue weighted by Gasteiger charge is 2.73. The van der Waals surface area contributed by atoms with Crippen LogP contribution >= 0.6 is 31.3 Å². The Morgan fingerprint density at radius 2 is 0.570 bits per heavy atom. The van der Waals surface area contributed by atoms with Gasteiger partial charge in [-0.3, -0.25) is 56.5 Å². The Morgan fingerprint density at radius 1 is 0.349 bits per heavy atom. The van der Waals surface area contributed by atoms with Gasteiger partial charge >= 0.3 is 79.0 Å². The number of carbonyl (C=O) groups excluding carboxylic acids is 8. The molecule has 1 aliphatic heterocycles. The summed E-state index contributed by atoms with van der Waals surface area (Å²) in [5.41, 5.74) is -1.50. The molecule has 0 aromatic heterocycles. The summed E-state index contributed by atoms with van der Waals surface area (Å²) in [6.07, 6.45) is -17.6. The summed E-state index contributed by atoms with van der Waals surface area (Å²) in [7, 11) is -22.8. The molecule has 1 saturated heterocycles. The van der Waals surface area contributed by atoms with Gasteiger partial charge in [0.1, 0.15) is 36.6 Å². The van der Waals surface area contributed by atoms with Gasteiger partial charge in [-0.05, 0) is 24.2 Å². The maximum Gasteiger partial charge on any atom is 0.481 e. The van der Waals surface area contributed by atoms with E-state index in [2.05, 4.69) is 0 Å². The summed E-state index contributed by atoms with van der Waals surface area (Å²) in [5, 5.41) is 0. The summed E-state index contributed by atoms with van der Waals surface area (Å²) in [4.78, 5) is 99.6. The second kappa shape index (κ2) is 34.4. The Balaban J connectivity index is 2.19. The maximum absolute atomic E-state index is 15.4. The van der Waals surface area contributed by atoms with E-state index in [4.69, 9.17) is 102 Å². The molecule has 0 N–H and O–H groups in total. The molecule has 86 heavy (non-hydrogen) atoms. The maximum atomic E-state index is 15.4. The van der Waals surface area contributed by atoms with Crippen LogP contribution in [0.3, 0.4) is 0 Å². The van der Waals surface area contributed by atoms with Gasteiger partial charge in [-0.2, -0.15) is 0 Å². The predicted octanol–water partition coefficient (Wildman–Crippen LogP) is 7.37. The third-order valence-electron chi connectivity index (χ3n) is 14.0. The molecule has 0 aromatic rings. The highest BCUT2D eigenvalue weighted by Crippen LogP contribution is 2.70. The van der Waals surface area contributed by atoms with Crippen molar-refractivity contribution in [3.05, 3.63) is 0 Å². The molecule has 3 saturated carbocycles. The van der Waals surface area contributed by atoms with Crippen LogP contribution in [0.15, 0.2) is 0 Å². The van der Waals surface area contributed by atoms with Gasteiger partial charge in [0, 0.05) is 56.8 Å². The first-order chi connectivity index (χ1) is 40.6. The first kappa shape index (κ1) is 74.6. The van der Waals surface area contributed by atoms with E-state index in [0.717, 1.165) is 0 Å². The Labute approximate surface area is 496 Å². The summed E-state index contributed by atoms with van der Waals surface area (Å²) in [5.74, 6) is -7.88. The molecule has 3 aliphatic carbocycles. The van der Waals surface area contributed by atoms with E-state index in [1.807, 2.05) is 20.8 Å². The van der Waals surface area contributed by atoms with E-state index < -0.39 is 199 Å². The number of phosphoric ester groups is 4. The van der Waals surface area contributed by atoms with Gasteiger partial charge in [0.15, 0.2) is 0 Å². The lowest BCUT2D eigenvalue weighted by atomic mass is 9.69. The second-order valence-corrected chi connectivity index (χ2v) is 25.9. The molecule has 4 rings (SSSR count). The predicted molar refractivity (Wildman–Crippen MR) is 281 cm³/mol. The first-order valence-corrected chi connectivity index (χ1v) is 33.3. The molecular weight excluding hydrogens is 1240 g/mol. The number of hydrogen-bond acceptors (Lipinski definition) is 34. The molecule has 494 valence electrons. The molecule has 0 spiro atoms.